The van der Waals surface area contributed by atoms with Gasteiger partial charge in [-0.15, -0.1) is 0 Å². The van der Waals surface area contributed by atoms with Crippen molar-refractivity contribution in [3.8, 4) is 0 Å². The molecule has 1 aliphatic heterocycles. The molecular formula is C10H8N2O2. The second-order valence-electron chi connectivity index (χ2n) is 2.82. The van der Waals surface area contributed by atoms with Gasteiger partial charge in [0.2, 0.25) is 0 Å². The minimum atomic E-state index is -0.938. The minimum Gasteiger partial charge on any atom is -0.478 e. The Morgan fingerprint density at radius 3 is 3.07 bits per heavy atom. The maximum absolute atomic E-state index is 10.7. The molecule has 1 aromatic rings. The molecule has 1 heterocycles. The molecule has 0 aromatic heterocycles. The Labute approximate surface area is 80.6 Å². The number of hydrogen-bond acceptors (Lipinski definition) is 3. The van der Waals surface area contributed by atoms with Crippen molar-refractivity contribution >= 4 is 23.6 Å². The fourth-order valence-corrected chi connectivity index (χ4v) is 1.20. The molecule has 0 bridgehead atoms. The number of rotatable bonds is 1. The lowest BCUT2D eigenvalue weighted by Gasteiger charge is -2.04. The van der Waals surface area contributed by atoms with Crippen LogP contribution in [-0.4, -0.2) is 17.3 Å². The van der Waals surface area contributed by atoms with Crippen molar-refractivity contribution in [1.29, 1.82) is 0 Å². The second-order valence-corrected chi connectivity index (χ2v) is 2.82. The summed E-state index contributed by atoms with van der Waals surface area (Å²) in [7, 11) is 0. The molecule has 0 saturated heterocycles. The number of benzene rings is 1. The van der Waals surface area contributed by atoms with Crippen LogP contribution in [0.1, 0.15) is 10.4 Å². The lowest BCUT2D eigenvalue weighted by molar-refractivity contribution is 0.0697. The number of carboxylic acid groups (broad SMARTS) is 1. The first-order chi connectivity index (χ1) is 6.77. The Balaban J connectivity index is 2.49. The molecule has 0 amide bonds. The van der Waals surface area contributed by atoms with E-state index in [1.165, 1.54) is 6.07 Å². The van der Waals surface area contributed by atoms with Gasteiger partial charge >= 0.3 is 5.97 Å². The first-order valence-electron chi connectivity index (χ1n) is 4.10. The third-order valence-electron chi connectivity index (χ3n) is 1.88. The summed E-state index contributed by atoms with van der Waals surface area (Å²) in [5.74, 6) is -0.938. The molecule has 2 rings (SSSR count). The number of fused-ring (bicyclic) bond motifs is 1. The van der Waals surface area contributed by atoms with Gasteiger partial charge in [0.05, 0.1) is 16.9 Å². The maximum atomic E-state index is 10.7. The van der Waals surface area contributed by atoms with Crippen molar-refractivity contribution in [2.75, 3.05) is 5.32 Å². The zero-order chi connectivity index (χ0) is 9.97. The summed E-state index contributed by atoms with van der Waals surface area (Å²) in [5.41, 5.74) is 1.69. The number of carboxylic acids is 1. The number of hydrogen-bond donors (Lipinski definition) is 2. The van der Waals surface area contributed by atoms with Crippen LogP contribution in [0.15, 0.2) is 35.5 Å². The Hall–Kier alpha value is -2.10. The quantitative estimate of drug-likeness (QED) is 0.708. The number of allylic oxidation sites excluding steroid dienone is 1. The van der Waals surface area contributed by atoms with Crippen LogP contribution in [-0.2, 0) is 0 Å². The fourth-order valence-electron chi connectivity index (χ4n) is 1.20. The van der Waals surface area contributed by atoms with Crippen LogP contribution in [0.25, 0.3) is 0 Å². The number of aromatic carboxylic acids is 1. The zero-order valence-corrected chi connectivity index (χ0v) is 7.27. The van der Waals surface area contributed by atoms with Crippen LogP contribution in [0.4, 0.5) is 11.4 Å². The molecular weight excluding hydrogens is 180 g/mol. The van der Waals surface area contributed by atoms with Crippen molar-refractivity contribution < 1.29 is 9.90 Å². The second kappa shape index (κ2) is 3.33. The summed E-state index contributed by atoms with van der Waals surface area (Å²) in [5, 5.41) is 11.7. The Morgan fingerprint density at radius 1 is 1.43 bits per heavy atom. The SMILES string of the molecule is O=C(O)c1ccc2c(c1)NC=CC=N2. The van der Waals surface area contributed by atoms with E-state index in [4.69, 9.17) is 5.11 Å². The molecule has 14 heavy (non-hydrogen) atoms. The smallest absolute Gasteiger partial charge is 0.335 e. The van der Waals surface area contributed by atoms with E-state index in [1.54, 1.807) is 30.6 Å². The molecule has 70 valence electrons. The summed E-state index contributed by atoms with van der Waals surface area (Å²) >= 11 is 0. The largest absolute Gasteiger partial charge is 0.478 e. The van der Waals surface area contributed by atoms with Crippen molar-refractivity contribution in [3.05, 3.63) is 36.0 Å². The normalized spacial score (nSPS) is 12.9. The molecule has 0 unspecified atom stereocenters. The topological polar surface area (TPSA) is 61.7 Å². The molecule has 0 spiro atoms. The van der Waals surface area contributed by atoms with E-state index in [2.05, 4.69) is 10.3 Å². The average molecular weight is 188 g/mol. The fraction of sp³-hybridized carbons (Fsp3) is 0. The molecule has 0 atom stereocenters. The highest BCUT2D eigenvalue weighted by atomic mass is 16.4. The van der Waals surface area contributed by atoms with Gasteiger partial charge in [-0.25, -0.2) is 4.79 Å². The lowest BCUT2D eigenvalue weighted by Crippen LogP contribution is -1.97. The number of aliphatic imine (C=N–C) groups is 1. The number of nitrogens with zero attached hydrogens (tertiary/aromatic N) is 1. The first kappa shape index (κ1) is 8.50. The van der Waals surface area contributed by atoms with Crippen LogP contribution < -0.4 is 5.32 Å². The molecule has 0 radical (unpaired) electrons. The first-order valence-corrected chi connectivity index (χ1v) is 4.10. The summed E-state index contributed by atoms with van der Waals surface area (Å²) in [6, 6.07) is 4.77. The number of anilines is 1. The molecule has 1 aliphatic rings. The van der Waals surface area contributed by atoms with Gasteiger partial charge < -0.3 is 10.4 Å². The molecule has 0 fully saturated rings. The van der Waals surface area contributed by atoms with Gasteiger partial charge in [-0.2, -0.15) is 0 Å². The van der Waals surface area contributed by atoms with Crippen LogP contribution in [0.2, 0.25) is 0 Å². The summed E-state index contributed by atoms with van der Waals surface area (Å²) in [6.45, 7) is 0. The number of carbonyl (C=O) groups is 1. The van der Waals surface area contributed by atoms with E-state index in [1.807, 2.05) is 0 Å². The van der Waals surface area contributed by atoms with Crippen LogP contribution in [0, 0.1) is 0 Å². The minimum absolute atomic E-state index is 0.252. The third kappa shape index (κ3) is 1.50. The standard InChI is InChI=1S/C10H8N2O2/c13-10(14)7-2-3-8-9(6-7)12-5-1-4-11-8/h1-6,12H,(H,13,14). The van der Waals surface area contributed by atoms with E-state index >= 15 is 0 Å². The van der Waals surface area contributed by atoms with E-state index < -0.39 is 5.97 Å². The highest BCUT2D eigenvalue weighted by molar-refractivity contribution is 5.91. The highest BCUT2D eigenvalue weighted by Crippen LogP contribution is 2.26. The molecule has 0 saturated carbocycles. The molecule has 1 aromatic carbocycles. The molecule has 4 heteroatoms. The molecule has 0 aliphatic carbocycles. The molecule has 4 nitrogen and oxygen atoms in total. The summed E-state index contributed by atoms with van der Waals surface area (Å²) in [4.78, 5) is 14.8. The van der Waals surface area contributed by atoms with E-state index in [0.717, 1.165) is 5.69 Å². The zero-order valence-electron chi connectivity index (χ0n) is 7.27. The van der Waals surface area contributed by atoms with Gasteiger partial charge in [-0.1, -0.05) is 0 Å². The predicted molar refractivity (Wildman–Crippen MR) is 54.3 cm³/mol. The van der Waals surface area contributed by atoms with E-state index in [0.29, 0.717) is 5.69 Å². The highest BCUT2D eigenvalue weighted by Gasteiger charge is 2.07. The average Bonchev–Trinajstić information content (AvgIpc) is 2.41. The van der Waals surface area contributed by atoms with Crippen molar-refractivity contribution in [1.82, 2.24) is 0 Å². The van der Waals surface area contributed by atoms with Crippen LogP contribution in [0.5, 0.6) is 0 Å². The Bertz CT molecular complexity index is 436. The lowest BCUT2D eigenvalue weighted by atomic mass is 10.2. The van der Waals surface area contributed by atoms with Crippen molar-refractivity contribution in [3.63, 3.8) is 0 Å². The van der Waals surface area contributed by atoms with Crippen molar-refractivity contribution in [2.45, 2.75) is 0 Å². The third-order valence-corrected chi connectivity index (χ3v) is 1.88. The van der Waals surface area contributed by atoms with E-state index in [9.17, 15) is 4.79 Å². The molecule has 2 N–H and O–H groups in total. The van der Waals surface area contributed by atoms with Gasteiger partial charge in [0.25, 0.3) is 0 Å². The van der Waals surface area contributed by atoms with Gasteiger partial charge in [-0.05, 0) is 24.3 Å². The van der Waals surface area contributed by atoms with E-state index in [-0.39, 0.29) is 5.56 Å². The van der Waals surface area contributed by atoms with Gasteiger partial charge in [0, 0.05) is 12.4 Å². The van der Waals surface area contributed by atoms with Gasteiger partial charge in [-0.3, -0.25) is 4.99 Å². The number of nitrogens with one attached hydrogen (secondary N) is 1. The van der Waals surface area contributed by atoms with Gasteiger partial charge in [0.1, 0.15) is 0 Å². The van der Waals surface area contributed by atoms with Crippen LogP contribution >= 0.6 is 0 Å². The predicted octanol–water partition coefficient (Wildman–Crippen LogP) is 2.03. The monoisotopic (exact) mass is 188 g/mol. The van der Waals surface area contributed by atoms with Crippen LogP contribution in [0.3, 0.4) is 0 Å². The van der Waals surface area contributed by atoms with Gasteiger partial charge in [0.15, 0.2) is 0 Å². The Morgan fingerprint density at radius 2 is 2.29 bits per heavy atom. The maximum Gasteiger partial charge on any atom is 0.335 e. The summed E-state index contributed by atoms with van der Waals surface area (Å²) < 4.78 is 0. The Kier molecular flexibility index (Phi) is 2.02. The summed E-state index contributed by atoms with van der Waals surface area (Å²) in [6.07, 6.45) is 5.11. The van der Waals surface area contributed by atoms with Crippen molar-refractivity contribution in [2.24, 2.45) is 4.99 Å².